The molecule has 0 spiro atoms. The number of aryl methyl sites for hydroxylation is 2. The molecule has 2 amide bonds. The summed E-state index contributed by atoms with van der Waals surface area (Å²) in [6.07, 6.45) is -0.643. The van der Waals surface area contributed by atoms with Crippen molar-refractivity contribution < 1.29 is 14.3 Å². The monoisotopic (exact) mass is 415 g/mol. The number of alkyl carbamates (subject to hydrolysis) is 1. The first kappa shape index (κ1) is 20.0. The molecule has 146 valence electrons. The van der Waals surface area contributed by atoms with Gasteiger partial charge in [0.15, 0.2) is 5.13 Å². The van der Waals surface area contributed by atoms with E-state index in [-0.39, 0.29) is 12.5 Å². The maximum atomic E-state index is 12.3. The predicted molar refractivity (Wildman–Crippen MR) is 113 cm³/mol. The van der Waals surface area contributed by atoms with Crippen LogP contribution in [0.4, 0.5) is 9.93 Å². The maximum absolute atomic E-state index is 12.3. The van der Waals surface area contributed by atoms with Crippen LogP contribution in [-0.2, 0) is 16.1 Å². The molecule has 0 fully saturated rings. The van der Waals surface area contributed by atoms with Crippen LogP contribution < -0.4 is 10.6 Å². The zero-order valence-corrected chi connectivity index (χ0v) is 17.4. The Labute approximate surface area is 171 Å². The first-order chi connectivity index (χ1) is 13.4. The highest BCUT2D eigenvalue weighted by Gasteiger charge is 2.18. The Bertz CT molecular complexity index is 966. The topological polar surface area (TPSA) is 80.3 Å². The second-order valence-corrected chi connectivity index (χ2v) is 8.60. The average molecular weight is 416 g/mol. The molecule has 0 saturated heterocycles. The summed E-state index contributed by atoms with van der Waals surface area (Å²) in [6.45, 7) is 5.86. The molecular weight excluding hydrogens is 394 g/mol. The molecule has 0 aliphatic heterocycles. The number of carbonyl (C=O) groups excluding carboxylic acids is 2. The van der Waals surface area contributed by atoms with E-state index in [2.05, 4.69) is 35.5 Å². The fourth-order valence-electron chi connectivity index (χ4n) is 2.56. The smallest absolute Gasteiger partial charge is 0.408 e. The van der Waals surface area contributed by atoms with Crippen LogP contribution in [-0.4, -0.2) is 23.0 Å². The normalized spacial score (nSPS) is 11.7. The molecule has 2 heterocycles. The zero-order valence-electron chi connectivity index (χ0n) is 15.8. The second-order valence-electron chi connectivity index (χ2n) is 6.28. The van der Waals surface area contributed by atoms with E-state index in [0.29, 0.717) is 5.13 Å². The van der Waals surface area contributed by atoms with Crippen molar-refractivity contribution in [2.75, 3.05) is 5.32 Å². The van der Waals surface area contributed by atoms with E-state index in [9.17, 15) is 9.59 Å². The molecule has 28 heavy (non-hydrogen) atoms. The number of aromatic nitrogens is 1. The highest BCUT2D eigenvalue weighted by atomic mass is 32.1. The predicted octanol–water partition coefficient (Wildman–Crippen LogP) is 4.74. The minimum atomic E-state index is -0.749. The lowest BCUT2D eigenvalue weighted by Gasteiger charge is -2.13. The summed E-state index contributed by atoms with van der Waals surface area (Å²) in [5, 5.41) is 7.67. The molecule has 0 bridgehead atoms. The molecule has 0 aliphatic rings. The van der Waals surface area contributed by atoms with Crippen LogP contribution in [0.2, 0.25) is 0 Å². The molecule has 0 saturated carbocycles. The van der Waals surface area contributed by atoms with Gasteiger partial charge in [0, 0.05) is 20.7 Å². The summed E-state index contributed by atoms with van der Waals surface area (Å²) >= 11 is 3.07. The minimum Gasteiger partial charge on any atom is -0.445 e. The van der Waals surface area contributed by atoms with Gasteiger partial charge in [-0.2, -0.15) is 0 Å². The summed E-state index contributed by atoms with van der Waals surface area (Å²) in [5.74, 6) is -0.351. The van der Waals surface area contributed by atoms with Gasteiger partial charge in [-0.25, -0.2) is 9.78 Å². The van der Waals surface area contributed by atoms with Gasteiger partial charge >= 0.3 is 6.09 Å². The Morgan fingerprint density at radius 3 is 2.64 bits per heavy atom. The van der Waals surface area contributed by atoms with Crippen LogP contribution in [0.3, 0.4) is 0 Å². The highest BCUT2D eigenvalue weighted by molar-refractivity contribution is 7.14. The number of nitrogens with zero attached hydrogens (tertiary/aromatic N) is 1. The van der Waals surface area contributed by atoms with Gasteiger partial charge in [-0.15, -0.1) is 22.7 Å². The van der Waals surface area contributed by atoms with E-state index in [0.717, 1.165) is 16.8 Å². The van der Waals surface area contributed by atoms with Crippen molar-refractivity contribution in [3.63, 3.8) is 0 Å². The van der Waals surface area contributed by atoms with Gasteiger partial charge in [-0.05, 0) is 32.4 Å². The number of thiazole rings is 1. The van der Waals surface area contributed by atoms with Crippen molar-refractivity contribution in [3.05, 3.63) is 57.1 Å². The Morgan fingerprint density at radius 1 is 1.21 bits per heavy atom. The number of hydrogen-bond acceptors (Lipinski definition) is 6. The SMILES string of the molecule is Cc1cc(-c2csc(NC(=O)[C@H](C)NC(=O)OCc3ccccc3)n2)c(C)s1. The first-order valence-corrected chi connectivity index (χ1v) is 10.4. The van der Waals surface area contributed by atoms with Crippen LogP contribution in [0, 0.1) is 13.8 Å². The lowest BCUT2D eigenvalue weighted by molar-refractivity contribution is -0.117. The quantitative estimate of drug-likeness (QED) is 0.609. The fraction of sp³-hybridized carbons (Fsp3) is 0.250. The first-order valence-electron chi connectivity index (χ1n) is 8.73. The van der Waals surface area contributed by atoms with Gasteiger partial charge in [-0.1, -0.05) is 30.3 Å². The molecule has 8 heteroatoms. The molecule has 3 rings (SSSR count). The number of benzene rings is 1. The summed E-state index contributed by atoms with van der Waals surface area (Å²) in [5.41, 5.74) is 2.80. The van der Waals surface area contributed by atoms with Crippen molar-refractivity contribution in [2.24, 2.45) is 0 Å². The molecule has 2 N–H and O–H groups in total. The third kappa shape index (κ3) is 5.17. The van der Waals surface area contributed by atoms with Crippen LogP contribution >= 0.6 is 22.7 Å². The standard InChI is InChI=1S/C20H21N3O3S2/c1-12-9-16(14(3)28-12)17-11-27-19(22-17)23-18(24)13(2)21-20(25)26-10-15-7-5-4-6-8-15/h4-9,11,13H,10H2,1-3H3,(H,21,25)(H,22,23,24)/t13-/m0/s1. The van der Waals surface area contributed by atoms with E-state index in [1.165, 1.54) is 21.1 Å². The number of rotatable bonds is 6. The molecule has 6 nitrogen and oxygen atoms in total. The van der Waals surface area contributed by atoms with Crippen molar-refractivity contribution >= 4 is 39.8 Å². The number of thiophene rings is 1. The fourth-order valence-corrected chi connectivity index (χ4v) is 4.21. The molecule has 1 aromatic carbocycles. The van der Waals surface area contributed by atoms with E-state index in [1.54, 1.807) is 18.3 Å². The van der Waals surface area contributed by atoms with Gasteiger partial charge < -0.3 is 15.4 Å². The summed E-state index contributed by atoms with van der Waals surface area (Å²) in [7, 11) is 0. The van der Waals surface area contributed by atoms with Gasteiger partial charge in [0.2, 0.25) is 5.91 Å². The van der Waals surface area contributed by atoms with Gasteiger partial charge in [0.25, 0.3) is 0 Å². The Morgan fingerprint density at radius 2 is 1.96 bits per heavy atom. The molecule has 2 aromatic heterocycles. The highest BCUT2D eigenvalue weighted by Crippen LogP contribution is 2.32. The van der Waals surface area contributed by atoms with E-state index in [4.69, 9.17) is 4.74 Å². The van der Waals surface area contributed by atoms with Crippen molar-refractivity contribution in [1.29, 1.82) is 0 Å². The molecular formula is C20H21N3O3S2. The summed E-state index contributed by atoms with van der Waals surface area (Å²) < 4.78 is 5.13. The third-order valence-electron chi connectivity index (χ3n) is 3.99. The van der Waals surface area contributed by atoms with E-state index >= 15 is 0 Å². The average Bonchev–Trinajstić information content (AvgIpc) is 3.26. The summed E-state index contributed by atoms with van der Waals surface area (Å²) in [6, 6.07) is 10.7. The summed E-state index contributed by atoms with van der Waals surface area (Å²) in [4.78, 5) is 31.1. The molecule has 0 radical (unpaired) electrons. The van der Waals surface area contributed by atoms with Crippen LogP contribution in [0.5, 0.6) is 0 Å². The molecule has 0 aliphatic carbocycles. The number of amides is 2. The van der Waals surface area contributed by atoms with E-state index < -0.39 is 12.1 Å². The number of anilines is 1. The lowest BCUT2D eigenvalue weighted by Crippen LogP contribution is -2.41. The van der Waals surface area contributed by atoms with Crippen LogP contribution in [0.15, 0.2) is 41.8 Å². The van der Waals surface area contributed by atoms with E-state index in [1.807, 2.05) is 35.7 Å². The second kappa shape index (κ2) is 8.99. The number of ether oxygens (including phenoxy) is 1. The van der Waals surface area contributed by atoms with Crippen molar-refractivity contribution in [3.8, 4) is 11.3 Å². The van der Waals surface area contributed by atoms with Crippen LogP contribution in [0.25, 0.3) is 11.3 Å². The van der Waals surface area contributed by atoms with Crippen molar-refractivity contribution in [2.45, 2.75) is 33.4 Å². The molecule has 1 atom stereocenters. The molecule has 3 aromatic rings. The van der Waals surface area contributed by atoms with Crippen LogP contribution in [0.1, 0.15) is 22.2 Å². The zero-order chi connectivity index (χ0) is 20.1. The Hall–Kier alpha value is -2.71. The Balaban J connectivity index is 1.51. The third-order valence-corrected chi connectivity index (χ3v) is 5.72. The van der Waals surface area contributed by atoms with Crippen molar-refractivity contribution in [1.82, 2.24) is 10.3 Å². The minimum absolute atomic E-state index is 0.149. The number of hydrogen-bond donors (Lipinski definition) is 2. The van der Waals surface area contributed by atoms with Gasteiger partial charge in [0.05, 0.1) is 5.69 Å². The van der Waals surface area contributed by atoms with Gasteiger partial charge in [0.1, 0.15) is 12.6 Å². The largest absolute Gasteiger partial charge is 0.445 e. The number of nitrogens with one attached hydrogen (secondary N) is 2. The Kier molecular flexibility index (Phi) is 6.43. The number of carbonyl (C=O) groups is 2. The lowest BCUT2D eigenvalue weighted by atomic mass is 10.2. The maximum Gasteiger partial charge on any atom is 0.408 e. The molecule has 0 unspecified atom stereocenters. The van der Waals surface area contributed by atoms with Gasteiger partial charge in [-0.3, -0.25) is 4.79 Å².